The minimum atomic E-state index is -4.92. The van der Waals surface area contributed by atoms with Gasteiger partial charge in [0.2, 0.25) is 0 Å². The molecule has 0 atom stereocenters. The zero-order valence-electron chi connectivity index (χ0n) is 9.66. The minimum absolute atomic E-state index is 0. The van der Waals surface area contributed by atoms with Gasteiger partial charge in [-0.2, -0.15) is 0 Å². The Morgan fingerprint density at radius 1 is 0.833 bits per heavy atom. The van der Waals surface area contributed by atoms with Gasteiger partial charge in [-0.05, 0) is 17.5 Å². The average molecular weight is 290 g/mol. The van der Waals surface area contributed by atoms with Gasteiger partial charge in [-0.3, -0.25) is 0 Å². The summed E-state index contributed by atoms with van der Waals surface area (Å²) in [5.74, 6) is 0. The van der Waals surface area contributed by atoms with Crippen LogP contribution in [0.15, 0.2) is 42.5 Å². The van der Waals surface area contributed by atoms with Crippen molar-refractivity contribution >= 4 is 43.9 Å². The van der Waals surface area contributed by atoms with Crippen molar-refractivity contribution in [1.29, 1.82) is 0 Å². The van der Waals surface area contributed by atoms with Crippen LogP contribution in [0.1, 0.15) is 0 Å². The topological polar surface area (TPSA) is 0 Å². The Kier molecular flexibility index (Phi) is 4.26. The number of thiophene rings is 1. The van der Waals surface area contributed by atoms with Crippen LogP contribution in [-0.2, 0) is 0 Å². The Hall–Kier alpha value is 0.151. The second kappa shape index (κ2) is 5.26. The van der Waals surface area contributed by atoms with Crippen LogP contribution in [0.3, 0.4) is 0 Å². The molecule has 0 spiro atoms. The maximum atomic E-state index is 12.7. The molecule has 0 amide bonds. The zero-order chi connectivity index (χ0) is 12.0. The summed E-state index contributed by atoms with van der Waals surface area (Å²) in [5.41, 5.74) is -0.527. The molecule has 0 nitrogen and oxygen atoms in total. The van der Waals surface area contributed by atoms with Gasteiger partial charge < -0.3 is 12.9 Å². The van der Waals surface area contributed by atoms with E-state index in [9.17, 15) is 12.9 Å². The predicted molar refractivity (Wildman–Crippen MR) is 68.0 cm³/mol. The fraction of sp³-hybridized carbons (Fsp3) is 0. The van der Waals surface area contributed by atoms with Crippen molar-refractivity contribution in [2.75, 3.05) is 0 Å². The molecule has 3 rings (SSSR count). The van der Waals surface area contributed by atoms with Crippen LogP contribution in [0, 0.1) is 0 Å². The standard InChI is InChI=1S/C12H7BF3S.K/c14-13(15,16)8-5-6-12-10(7-8)9-3-1-2-4-11(9)17-12;/h1-7H;/q-1;+1. The molecular weight excluding hydrogens is 283 g/mol. The van der Waals surface area contributed by atoms with E-state index in [0.29, 0.717) is 5.39 Å². The van der Waals surface area contributed by atoms with Gasteiger partial charge in [-0.25, -0.2) is 0 Å². The normalized spacial score (nSPS) is 11.7. The van der Waals surface area contributed by atoms with Gasteiger partial charge >= 0.3 is 58.4 Å². The smallest absolute Gasteiger partial charge is 0.445 e. The van der Waals surface area contributed by atoms with Crippen LogP contribution in [-0.4, -0.2) is 6.98 Å². The first-order valence-corrected chi connectivity index (χ1v) is 5.98. The maximum Gasteiger partial charge on any atom is 1.00 e. The monoisotopic (exact) mass is 290 g/mol. The Labute approximate surface area is 149 Å². The first-order valence-electron chi connectivity index (χ1n) is 5.17. The van der Waals surface area contributed by atoms with Crippen LogP contribution in [0.2, 0.25) is 0 Å². The van der Waals surface area contributed by atoms with Gasteiger partial charge in [0.25, 0.3) is 0 Å². The van der Waals surface area contributed by atoms with Crippen molar-refractivity contribution in [2.45, 2.75) is 0 Å². The van der Waals surface area contributed by atoms with E-state index < -0.39 is 12.4 Å². The zero-order valence-corrected chi connectivity index (χ0v) is 13.6. The molecule has 0 fully saturated rings. The molecule has 1 heterocycles. The van der Waals surface area contributed by atoms with Gasteiger partial charge in [0.1, 0.15) is 0 Å². The molecule has 3 aromatic rings. The molecule has 0 aliphatic rings. The summed E-state index contributed by atoms with van der Waals surface area (Å²) >= 11 is 1.52. The van der Waals surface area contributed by atoms with E-state index in [2.05, 4.69) is 0 Å². The number of benzene rings is 2. The molecule has 18 heavy (non-hydrogen) atoms. The van der Waals surface area contributed by atoms with E-state index in [1.807, 2.05) is 24.3 Å². The van der Waals surface area contributed by atoms with E-state index in [1.54, 1.807) is 6.07 Å². The van der Waals surface area contributed by atoms with Gasteiger partial charge in [0, 0.05) is 14.8 Å². The van der Waals surface area contributed by atoms with E-state index >= 15 is 0 Å². The molecule has 0 saturated heterocycles. The SMILES string of the molecule is F[B-](F)(F)c1ccc2sc3ccccc3c2c1.[K+]. The average Bonchev–Trinajstić information content (AvgIpc) is 2.65. The van der Waals surface area contributed by atoms with Crippen LogP contribution < -0.4 is 56.8 Å². The maximum absolute atomic E-state index is 12.7. The molecule has 0 unspecified atom stereocenters. The molecule has 2 aromatic carbocycles. The van der Waals surface area contributed by atoms with Crippen molar-refractivity contribution < 1.29 is 64.3 Å². The van der Waals surface area contributed by atoms with Crippen molar-refractivity contribution in [1.82, 2.24) is 0 Å². The summed E-state index contributed by atoms with van der Waals surface area (Å²) in [7, 11) is 0. The molecule has 86 valence electrons. The van der Waals surface area contributed by atoms with Crippen molar-refractivity contribution in [3.63, 3.8) is 0 Å². The molecule has 0 N–H and O–H groups in total. The second-order valence-corrected chi connectivity index (χ2v) is 5.01. The van der Waals surface area contributed by atoms with Crippen LogP contribution in [0.4, 0.5) is 12.9 Å². The molecule has 0 bridgehead atoms. The van der Waals surface area contributed by atoms with E-state index in [4.69, 9.17) is 0 Å². The molecular formula is C12H7BF3KS. The first-order chi connectivity index (χ1) is 8.05. The first kappa shape index (κ1) is 14.6. The van der Waals surface area contributed by atoms with Gasteiger partial charge in [-0.1, -0.05) is 30.3 Å². The van der Waals surface area contributed by atoms with Gasteiger partial charge in [0.05, 0.1) is 0 Å². The van der Waals surface area contributed by atoms with Gasteiger partial charge in [0.15, 0.2) is 0 Å². The molecule has 0 radical (unpaired) electrons. The Morgan fingerprint density at radius 3 is 2.22 bits per heavy atom. The minimum Gasteiger partial charge on any atom is -0.445 e. The summed E-state index contributed by atoms with van der Waals surface area (Å²) in [6.45, 7) is -4.92. The van der Waals surface area contributed by atoms with Crippen molar-refractivity contribution in [2.24, 2.45) is 0 Å². The Bertz CT molecular complexity index is 705. The van der Waals surface area contributed by atoms with Crippen LogP contribution >= 0.6 is 11.3 Å². The third-order valence-electron chi connectivity index (χ3n) is 2.78. The summed E-state index contributed by atoms with van der Waals surface area (Å²) in [5, 5.41) is 1.59. The van der Waals surface area contributed by atoms with Crippen LogP contribution in [0.5, 0.6) is 0 Å². The fourth-order valence-electron chi connectivity index (χ4n) is 1.95. The third-order valence-corrected chi connectivity index (χ3v) is 3.93. The van der Waals surface area contributed by atoms with Crippen molar-refractivity contribution in [3.05, 3.63) is 42.5 Å². The van der Waals surface area contributed by atoms with Crippen LogP contribution in [0.25, 0.3) is 20.2 Å². The summed E-state index contributed by atoms with van der Waals surface area (Å²) in [6, 6.07) is 11.5. The summed E-state index contributed by atoms with van der Waals surface area (Å²) in [6.07, 6.45) is 0. The van der Waals surface area contributed by atoms with E-state index in [-0.39, 0.29) is 51.4 Å². The molecule has 1 aromatic heterocycles. The van der Waals surface area contributed by atoms with Crippen molar-refractivity contribution in [3.8, 4) is 0 Å². The summed E-state index contributed by atoms with van der Waals surface area (Å²) < 4.78 is 40.0. The Balaban J connectivity index is 0.00000120. The molecule has 0 saturated carbocycles. The number of hydrogen-bond acceptors (Lipinski definition) is 1. The van der Waals surface area contributed by atoms with Gasteiger partial charge in [-0.15, -0.1) is 16.8 Å². The molecule has 6 heteroatoms. The quantitative estimate of drug-likeness (QED) is 0.589. The molecule has 0 aliphatic carbocycles. The largest absolute Gasteiger partial charge is 1.00 e. The Morgan fingerprint density at radius 2 is 1.50 bits per heavy atom. The van der Waals surface area contributed by atoms with E-state index in [1.165, 1.54) is 17.4 Å². The molecule has 0 aliphatic heterocycles. The number of fused-ring (bicyclic) bond motifs is 3. The van der Waals surface area contributed by atoms with E-state index in [0.717, 1.165) is 20.9 Å². The number of rotatable bonds is 1. The summed E-state index contributed by atoms with van der Waals surface area (Å²) in [4.78, 5) is 0. The number of halogens is 3. The third kappa shape index (κ3) is 2.55. The number of hydrogen-bond donors (Lipinski definition) is 0. The second-order valence-electron chi connectivity index (χ2n) is 3.93. The predicted octanol–water partition coefficient (Wildman–Crippen LogP) is 1.11. The fourth-order valence-corrected chi connectivity index (χ4v) is 3.03.